The van der Waals surface area contributed by atoms with E-state index in [9.17, 15) is 14.7 Å². The lowest BCUT2D eigenvalue weighted by Gasteiger charge is -2.37. The van der Waals surface area contributed by atoms with Crippen LogP contribution < -0.4 is 10.2 Å². The molecule has 2 N–H and O–H groups in total. The van der Waals surface area contributed by atoms with Crippen LogP contribution in [0.25, 0.3) is 0 Å². The molecule has 9 nitrogen and oxygen atoms in total. The molecule has 0 spiro atoms. The van der Waals surface area contributed by atoms with E-state index in [1.165, 1.54) is 5.69 Å². The Morgan fingerprint density at radius 2 is 1.81 bits per heavy atom. The zero-order valence-corrected chi connectivity index (χ0v) is 21.0. The lowest BCUT2D eigenvalue weighted by Crippen LogP contribution is -2.50. The highest BCUT2D eigenvalue weighted by Crippen LogP contribution is 2.29. The molecule has 3 saturated heterocycles. The maximum Gasteiger partial charge on any atom is 0.239 e. The Hall–Kier alpha value is -2.88. The minimum atomic E-state index is -0.246. The number of nitrogens with one attached hydrogen (secondary N) is 1. The molecule has 2 amide bonds. The second kappa shape index (κ2) is 11.0. The summed E-state index contributed by atoms with van der Waals surface area (Å²) >= 11 is 0. The third kappa shape index (κ3) is 5.28. The molecule has 0 bridgehead atoms. The minimum Gasteiger partial charge on any atom is -0.462 e. The molecule has 3 fully saturated rings. The van der Waals surface area contributed by atoms with Gasteiger partial charge in [0.1, 0.15) is 24.2 Å². The quantitative estimate of drug-likeness (QED) is 0.598. The first-order chi connectivity index (χ1) is 17.5. The third-order valence-electron chi connectivity index (χ3n) is 8.03. The number of nitrogens with zero attached hydrogens (tertiary/aromatic N) is 4. The van der Waals surface area contributed by atoms with Crippen LogP contribution in [0.3, 0.4) is 0 Å². The van der Waals surface area contributed by atoms with Crippen molar-refractivity contribution in [2.45, 2.75) is 50.5 Å². The van der Waals surface area contributed by atoms with Gasteiger partial charge in [0.15, 0.2) is 0 Å². The predicted molar refractivity (Wildman–Crippen MR) is 136 cm³/mol. The molecular formula is C27H37N5O4. The average molecular weight is 496 g/mol. The highest BCUT2D eigenvalue weighted by atomic mass is 16.4. The number of piperazine rings is 1. The van der Waals surface area contributed by atoms with Crippen LogP contribution in [0.1, 0.15) is 30.8 Å². The van der Waals surface area contributed by atoms with Gasteiger partial charge in [-0.25, -0.2) is 0 Å². The van der Waals surface area contributed by atoms with E-state index in [0.717, 1.165) is 51.3 Å². The van der Waals surface area contributed by atoms with Crippen LogP contribution in [-0.2, 0) is 22.7 Å². The molecule has 0 radical (unpaired) electrons. The van der Waals surface area contributed by atoms with Crippen LogP contribution in [-0.4, -0.2) is 96.1 Å². The molecule has 5 rings (SSSR count). The van der Waals surface area contributed by atoms with Crippen molar-refractivity contribution in [1.29, 1.82) is 0 Å². The number of carbonyl (C=O) groups is 2. The van der Waals surface area contributed by atoms with Gasteiger partial charge in [-0.2, -0.15) is 0 Å². The summed E-state index contributed by atoms with van der Waals surface area (Å²) in [5.41, 5.74) is 1.21. The average Bonchev–Trinajstić information content (AvgIpc) is 3.53. The number of furan rings is 1. The number of anilines is 1. The first-order valence-corrected chi connectivity index (χ1v) is 13.0. The van der Waals surface area contributed by atoms with E-state index in [1.54, 1.807) is 6.07 Å². The van der Waals surface area contributed by atoms with Crippen molar-refractivity contribution < 1.29 is 19.1 Å². The monoisotopic (exact) mass is 495 g/mol. The van der Waals surface area contributed by atoms with Crippen molar-refractivity contribution in [3.05, 3.63) is 54.0 Å². The number of aliphatic hydroxyl groups excluding tert-OH is 1. The van der Waals surface area contributed by atoms with Gasteiger partial charge in [0.2, 0.25) is 11.8 Å². The maximum absolute atomic E-state index is 13.1. The van der Waals surface area contributed by atoms with Crippen molar-refractivity contribution in [3.8, 4) is 0 Å². The van der Waals surface area contributed by atoms with Crippen LogP contribution in [0.5, 0.6) is 0 Å². The second-order valence-corrected chi connectivity index (χ2v) is 10.1. The van der Waals surface area contributed by atoms with Crippen molar-refractivity contribution in [1.82, 2.24) is 20.0 Å². The number of para-hydroxylation sites is 1. The largest absolute Gasteiger partial charge is 0.462 e. The van der Waals surface area contributed by atoms with Crippen molar-refractivity contribution in [2.75, 3.05) is 51.2 Å². The maximum atomic E-state index is 13.1. The van der Waals surface area contributed by atoms with Crippen LogP contribution >= 0.6 is 0 Å². The summed E-state index contributed by atoms with van der Waals surface area (Å²) in [6.07, 6.45) is 2.12. The van der Waals surface area contributed by atoms with Crippen LogP contribution in [0.4, 0.5) is 5.69 Å². The fraction of sp³-hybridized carbons (Fsp3) is 0.556. The molecule has 3 aliphatic rings. The van der Waals surface area contributed by atoms with E-state index >= 15 is 0 Å². The lowest BCUT2D eigenvalue weighted by molar-refractivity contribution is -0.132. The Bertz CT molecular complexity index is 1040. The Balaban J connectivity index is 1.14. The van der Waals surface area contributed by atoms with E-state index in [0.29, 0.717) is 25.3 Å². The predicted octanol–water partition coefficient (Wildman–Crippen LogP) is 1.27. The molecule has 3 atom stereocenters. The number of carbonyl (C=O) groups excluding carboxylic acids is 2. The van der Waals surface area contributed by atoms with E-state index in [1.807, 2.05) is 29.2 Å². The van der Waals surface area contributed by atoms with Gasteiger partial charge in [-0.3, -0.25) is 19.4 Å². The zero-order valence-electron chi connectivity index (χ0n) is 21.0. The van der Waals surface area contributed by atoms with Crippen LogP contribution in [0, 0.1) is 0 Å². The van der Waals surface area contributed by atoms with E-state index in [4.69, 9.17) is 4.42 Å². The van der Waals surface area contributed by atoms with Crippen molar-refractivity contribution >= 4 is 17.5 Å². The molecule has 2 aromatic rings. The van der Waals surface area contributed by atoms with E-state index < -0.39 is 0 Å². The first kappa shape index (κ1) is 24.8. The molecule has 9 heteroatoms. The van der Waals surface area contributed by atoms with Gasteiger partial charge in [-0.05, 0) is 44.2 Å². The molecule has 0 unspecified atom stereocenters. The SMILES string of the molecule is CN1[C@@H](CCC(=O)N2CCN(c3ccccc3)CC2)CNC(=O)[C@@H]2[C@@H]1CCN2Cc1ccc(CO)o1. The fourth-order valence-electron chi connectivity index (χ4n) is 5.92. The number of likely N-dealkylation sites (tertiary alicyclic amines) is 1. The summed E-state index contributed by atoms with van der Waals surface area (Å²) in [6.45, 7) is 4.97. The molecule has 0 saturated carbocycles. The molecule has 1 aromatic carbocycles. The van der Waals surface area contributed by atoms with Gasteiger partial charge in [0.05, 0.1) is 6.54 Å². The van der Waals surface area contributed by atoms with Gasteiger partial charge < -0.3 is 24.6 Å². The molecule has 36 heavy (non-hydrogen) atoms. The fourth-order valence-corrected chi connectivity index (χ4v) is 5.92. The number of benzene rings is 1. The van der Waals surface area contributed by atoms with Gasteiger partial charge in [-0.1, -0.05) is 18.2 Å². The first-order valence-electron chi connectivity index (χ1n) is 13.0. The Kier molecular flexibility index (Phi) is 7.59. The highest BCUT2D eigenvalue weighted by Gasteiger charge is 2.45. The standard InChI is InChI=1S/C27H37N5O4/c1-29-21(7-10-25(34)31-15-13-30(14-16-31)20-5-3-2-4-6-20)17-28-27(35)26-24(29)11-12-32(26)18-22-8-9-23(19-33)36-22/h2-6,8-9,21,24,26,33H,7,10-19H2,1H3,(H,28,35)/t21-,24-,26-/m0/s1. The number of rotatable bonds is 7. The van der Waals surface area contributed by atoms with Gasteiger partial charge >= 0.3 is 0 Å². The second-order valence-electron chi connectivity index (χ2n) is 10.1. The summed E-state index contributed by atoms with van der Waals surface area (Å²) in [5, 5.41) is 12.4. The van der Waals surface area contributed by atoms with Gasteiger partial charge in [-0.15, -0.1) is 0 Å². The lowest BCUT2D eigenvalue weighted by atomic mass is 10.0. The Morgan fingerprint density at radius 3 is 2.53 bits per heavy atom. The van der Waals surface area contributed by atoms with Crippen LogP contribution in [0.15, 0.2) is 46.9 Å². The number of amides is 2. The normalized spacial score (nSPS) is 25.5. The summed E-state index contributed by atoms with van der Waals surface area (Å²) in [4.78, 5) is 34.9. The molecule has 3 aliphatic heterocycles. The molecule has 194 valence electrons. The number of hydrogen-bond donors (Lipinski definition) is 2. The highest BCUT2D eigenvalue weighted by molar-refractivity contribution is 5.83. The van der Waals surface area contributed by atoms with E-state index in [2.05, 4.69) is 39.2 Å². The van der Waals surface area contributed by atoms with E-state index in [-0.39, 0.29) is 36.5 Å². The Labute approximate surface area is 212 Å². The topological polar surface area (TPSA) is 92.5 Å². The third-order valence-corrected chi connectivity index (χ3v) is 8.03. The summed E-state index contributed by atoms with van der Waals surface area (Å²) in [6, 6.07) is 14.0. The van der Waals surface area contributed by atoms with Gasteiger partial charge in [0.25, 0.3) is 0 Å². The molecule has 4 heterocycles. The number of aliphatic hydroxyl groups is 1. The van der Waals surface area contributed by atoms with Crippen LogP contribution in [0.2, 0.25) is 0 Å². The number of fused-ring (bicyclic) bond motifs is 1. The molecule has 0 aliphatic carbocycles. The molecule has 1 aromatic heterocycles. The molecular weight excluding hydrogens is 458 g/mol. The minimum absolute atomic E-state index is 0.0455. The van der Waals surface area contributed by atoms with Crippen molar-refractivity contribution in [2.24, 2.45) is 0 Å². The number of likely N-dealkylation sites (N-methyl/N-ethyl adjacent to an activating group) is 1. The zero-order chi connectivity index (χ0) is 25.1. The van der Waals surface area contributed by atoms with Gasteiger partial charge in [0, 0.05) is 63.5 Å². The smallest absolute Gasteiger partial charge is 0.239 e. The summed E-state index contributed by atoms with van der Waals surface area (Å²) < 4.78 is 5.66. The Morgan fingerprint density at radius 1 is 1.06 bits per heavy atom. The summed E-state index contributed by atoms with van der Waals surface area (Å²) in [7, 11) is 2.09. The number of hydrogen-bond acceptors (Lipinski definition) is 7. The van der Waals surface area contributed by atoms with Crippen molar-refractivity contribution in [3.63, 3.8) is 0 Å². The summed E-state index contributed by atoms with van der Waals surface area (Å²) in [5.74, 6) is 1.54.